The van der Waals surface area contributed by atoms with E-state index in [0.717, 1.165) is 17.2 Å². The van der Waals surface area contributed by atoms with Gasteiger partial charge in [-0.15, -0.1) is 0 Å². The molecule has 0 aliphatic rings. The molecular formula is C9H12N4S. The van der Waals surface area contributed by atoms with Gasteiger partial charge in [0.15, 0.2) is 5.82 Å². The maximum atomic E-state index is 5.69. The van der Waals surface area contributed by atoms with Crippen LogP contribution in [0.5, 0.6) is 0 Å². The summed E-state index contributed by atoms with van der Waals surface area (Å²) >= 11 is 1.65. The molecular weight excluding hydrogens is 196 g/mol. The lowest BCUT2D eigenvalue weighted by molar-refractivity contribution is 0.745. The maximum Gasteiger partial charge on any atom is 0.182 e. The minimum atomic E-state index is -0.102. The number of aromatic nitrogens is 3. The van der Waals surface area contributed by atoms with E-state index in [1.807, 2.05) is 19.2 Å². The van der Waals surface area contributed by atoms with Gasteiger partial charge < -0.3 is 5.73 Å². The second-order valence-corrected chi connectivity index (χ2v) is 4.04. The number of rotatable bonds is 2. The molecule has 2 aromatic heterocycles. The summed E-state index contributed by atoms with van der Waals surface area (Å²) in [5.41, 5.74) is 7.97. The monoisotopic (exact) mass is 208 g/mol. The molecule has 0 fully saturated rings. The van der Waals surface area contributed by atoms with Crippen LogP contribution in [0, 0.1) is 6.92 Å². The number of aryl methyl sites for hydroxylation is 1. The third-order valence-corrected chi connectivity index (χ3v) is 2.89. The molecule has 0 spiro atoms. The summed E-state index contributed by atoms with van der Waals surface area (Å²) in [6, 6.07) is -0.102. The summed E-state index contributed by atoms with van der Waals surface area (Å²) in [6.07, 6.45) is 0. The molecule has 2 rings (SSSR count). The van der Waals surface area contributed by atoms with Crippen LogP contribution in [-0.4, -0.2) is 15.2 Å². The zero-order valence-electron chi connectivity index (χ0n) is 8.11. The number of aromatic amines is 1. The van der Waals surface area contributed by atoms with Crippen LogP contribution in [0.15, 0.2) is 10.8 Å². The second-order valence-electron chi connectivity index (χ2n) is 3.30. The molecule has 74 valence electrons. The fourth-order valence-corrected chi connectivity index (χ4v) is 2.01. The quantitative estimate of drug-likeness (QED) is 0.791. The van der Waals surface area contributed by atoms with Gasteiger partial charge in [0.25, 0.3) is 0 Å². The minimum absolute atomic E-state index is 0.102. The number of nitrogens with zero attached hydrogens (tertiary/aromatic N) is 2. The molecule has 2 aromatic rings. The van der Waals surface area contributed by atoms with E-state index >= 15 is 0 Å². The van der Waals surface area contributed by atoms with Crippen molar-refractivity contribution in [2.45, 2.75) is 19.9 Å². The van der Waals surface area contributed by atoms with Crippen molar-refractivity contribution in [3.05, 3.63) is 22.1 Å². The highest BCUT2D eigenvalue weighted by Gasteiger charge is 2.10. The normalized spacial score (nSPS) is 13.1. The first-order valence-corrected chi connectivity index (χ1v) is 5.34. The summed E-state index contributed by atoms with van der Waals surface area (Å²) in [7, 11) is 0. The largest absolute Gasteiger partial charge is 0.322 e. The molecule has 14 heavy (non-hydrogen) atoms. The summed E-state index contributed by atoms with van der Waals surface area (Å²) in [6.45, 7) is 3.93. The number of thiophene rings is 1. The van der Waals surface area contributed by atoms with Crippen LogP contribution < -0.4 is 5.73 Å². The van der Waals surface area contributed by atoms with Crippen molar-refractivity contribution in [3.63, 3.8) is 0 Å². The second kappa shape index (κ2) is 3.51. The Kier molecular flexibility index (Phi) is 2.35. The fourth-order valence-electron chi connectivity index (χ4n) is 1.19. The molecule has 5 heteroatoms. The number of H-pyrrole nitrogens is 1. The first kappa shape index (κ1) is 9.36. The van der Waals surface area contributed by atoms with Gasteiger partial charge in [0, 0.05) is 10.9 Å². The maximum absolute atomic E-state index is 5.69. The fraction of sp³-hybridized carbons (Fsp3) is 0.333. The molecule has 0 radical (unpaired) electrons. The van der Waals surface area contributed by atoms with Gasteiger partial charge in [-0.25, -0.2) is 4.98 Å². The summed E-state index contributed by atoms with van der Waals surface area (Å²) in [5.74, 6) is 1.46. The molecule has 1 unspecified atom stereocenters. The van der Waals surface area contributed by atoms with Crippen LogP contribution in [0.4, 0.5) is 0 Å². The lowest BCUT2D eigenvalue weighted by Crippen LogP contribution is -2.06. The SMILES string of the molecule is Cc1cscc1-c1n[nH]c(C(C)N)n1. The molecule has 1 atom stereocenters. The topological polar surface area (TPSA) is 67.6 Å². The van der Waals surface area contributed by atoms with E-state index in [0.29, 0.717) is 0 Å². The van der Waals surface area contributed by atoms with Crippen LogP contribution in [0.2, 0.25) is 0 Å². The Balaban J connectivity index is 2.39. The molecule has 0 aliphatic heterocycles. The molecule has 0 aromatic carbocycles. The van der Waals surface area contributed by atoms with E-state index in [1.165, 1.54) is 5.56 Å². The van der Waals surface area contributed by atoms with E-state index in [-0.39, 0.29) is 6.04 Å². The Morgan fingerprint density at radius 3 is 2.79 bits per heavy atom. The van der Waals surface area contributed by atoms with Crippen molar-refractivity contribution in [2.75, 3.05) is 0 Å². The smallest absolute Gasteiger partial charge is 0.182 e. The molecule has 0 amide bonds. The molecule has 0 bridgehead atoms. The highest BCUT2D eigenvalue weighted by molar-refractivity contribution is 7.08. The number of nitrogens with one attached hydrogen (secondary N) is 1. The van der Waals surface area contributed by atoms with Gasteiger partial charge in [-0.3, -0.25) is 5.10 Å². The van der Waals surface area contributed by atoms with E-state index < -0.39 is 0 Å². The Morgan fingerprint density at radius 2 is 2.29 bits per heavy atom. The van der Waals surface area contributed by atoms with Gasteiger partial charge in [-0.2, -0.15) is 16.4 Å². The average molecular weight is 208 g/mol. The Labute approximate surface area is 86.2 Å². The summed E-state index contributed by atoms with van der Waals surface area (Å²) in [5, 5.41) is 11.1. The highest BCUT2D eigenvalue weighted by atomic mass is 32.1. The highest BCUT2D eigenvalue weighted by Crippen LogP contribution is 2.23. The zero-order valence-corrected chi connectivity index (χ0v) is 8.93. The molecule has 3 N–H and O–H groups in total. The van der Waals surface area contributed by atoms with Gasteiger partial charge in [0.2, 0.25) is 0 Å². The van der Waals surface area contributed by atoms with Crippen molar-refractivity contribution in [2.24, 2.45) is 5.73 Å². The van der Waals surface area contributed by atoms with E-state index in [2.05, 4.69) is 20.6 Å². The molecule has 2 heterocycles. The molecule has 4 nitrogen and oxygen atoms in total. The van der Waals surface area contributed by atoms with Crippen LogP contribution in [0.1, 0.15) is 24.4 Å². The van der Waals surface area contributed by atoms with Crippen LogP contribution in [0.3, 0.4) is 0 Å². The van der Waals surface area contributed by atoms with Crippen LogP contribution in [0.25, 0.3) is 11.4 Å². The number of hydrogen-bond acceptors (Lipinski definition) is 4. The van der Waals surface area contributed by atoms with Crippen molar-refractivity contribution in [1.82, 2.24) is 15.2 Å². The van der Waals surface area contributed by atoms with E-state index in [4.69, 9.17) is 5.73 Å². The summed E-state index contributed by atoms with van der Waals surface area (Å²) in [4.78, 5) is 4.33. The lowest BCUT2D eigenvalue weighted by atomic mass is 10.2. The van der Waals surface area contributed by atoms with Crippen molar-refractivity contribution in [1.29, 1.82) is 0 Å². The third kappa shape index (κ3) is 1.56. The Hall–Kier alpha value is -1.20. The standard InChI is InChI=1S/C9H12N4S/c1-5-3-14-4-7(5)9-11-8(6(2)10)12-13-9/h3-4,6H,10H2,1-2H3,(H,11,12,13). The van der Waals surface area contributed by atoms with Crippen LogP contribution in [-0.2, 0) is 0 Å². The molecule has 0 aliphatic carbocycles. The van der Waals surface area contributed by atoms with Crippen molar-refractivity contribution >= 4 is 11.3 Å². The predicted molar refractivity (Wildman–Crippen MR) is 57.0 cm³/mol. The van der Waals surface area contributed by atoms with Gasteiger partial charge in [-0.05, 0) is 24.8 Å². The van der Waals surface area contributed by atoms with Gasteiger partial charge >= 0.3 is 0 Å². The first-order valence-electron chi connectivity index (χ1n) is 4.39. The number of hydrogen-bond donors (Lipinski definition) is 2. The minimum Gasteiger partial charge on any atom is -0.322 e. The van der Waals surface area contributed by atoms with Crippen molar-refractivity contribution < 1.29 is 0 Å². The van der Waals surface area contributed by atoms with Crippen LogP contribution >= 0.6 is 11.3 Å². The molecule has 0 saturated carbocycles. The number of nitrogens with two attached hydrogens (primary N) is 1. The Bertz CT molecular complexity index is 429. The van der Waals surface area contributed by atoms with Crippen molar-refractivity contribution in [3.8, 4) is 11.4 Å². The predicted octanol–water partition coefficient (Wildman–Crippen LogP) is 1.86. The van der Waals surface area contributed by atoms with Gasteiger partial charge in [0.05, 0.1) is 6.04 Å². The average Bonchev–Trinajstić information content (AvgIpc) is 2.71. The lowest BCUT2D eigenvalue weighted by Gasteiger charge is -1.95. The van der Waals surface area contributed by atoms with E-state index in [9.17, 15) is 0 Å². The van der Waals surface area contributed by atoms with Gasteiger partial charge in [-0.1, -0.05) is 0 Å². The molecule has 0 saturated heterocycles. The first-order chi connectivity index (χ1) is 6.68. The Morgan fingerprint density at radius 1 is 1.50 bits per heavy atom. The van der Waals surface area contributed by atoms with Gasteiger partial charge in [0.1, 0.15) is 5.82 Å². The summed E-state index contributed by atoms with van der Waals surface area (Å²) < 4.78 is 0. The van der Waals surface area contributed by atoms with E-state index in [1.54, 1.807) is 11.3 Å². The third-order valence-electron chi connectivity index (χ3n) is 2.03. The zero-order chi connectivity index (χ0) is 10.1.